The molecule has 0 aliphatic heterocycles. The van der Waals surface area contributed by atoms with Gasteiger partial charge >= 0.3 is 7.60 Å². The van der Waals surface area contributed by atoms with E-state index in [9.17, 15) is 14.4 Å². The minimum absolute atomic E-state index is 0.0697. The lowest BCUT2D eigenvalue weighted by atomic mass is 10.1. The quantitative estimate of drug-likeness (QED) is 0.551. The molecule has 0 spiro atoms. The molecule has 4 N–H and O–H groups in total. The molecule has 128 valence electrons. The SMILES string of the molecule is CC(C)(C)[Si](C)(C)Oc1cc(C(N)C#N)ccc1CP(=O)(O)O. The van der Waals surface area contributed by atoms with Gasteiger partial charge in [-0.15, -0.1) is 0 Å². The highest BCUT2D eigenvalue weighted by atomic mass is 31.2. The normalized spacial score (nSPS) is 14.2. The third-order valence-electron chi connectivity index (χ3n) is 4.14. The van der Waals surface area contributed by atoms with Crippen molar-refractivity contribution in [3.05, 3.63) is 29.3 Å². The lowest BCUT2D eigenvalue weighted by Crippen LogP contribution is -2.44. The zero-order chi connectivity index (χ0) is 18.1. The maximum Gasteiger partial charge on any atom is 0.330 e. The molecule has 1 aromatic carbocycles. The molecule has 0 saturated heterocycles. The van der Waals surface area contributed by atoms with E-state index in [1.807, 2.05) is 19.2 Å². The largest absolute Gasteiger partial charge is 0.543 e. The summed E-state index contributed by atoms with van der Waals surface area (Å²) in [4.78, 5) is 18.5. The van der Waals surface area contributed by atoms with Gasteiger partial charge in [0.15, 0.2) is 0 Å². The Labute approximate surface area is 138 Å². The van der Waals surface area contributed by atoms with E-state index in [0.29, 0.717) is 16.9 Å². The predicted molar refractivity (Wildman–Crippen MR) is 92.6 cm³/mol. The minimum atomic E-state index is -4.23. The van der Waals surface area contributed by atoms with Crippen LogP contribution in [0.2, 0.25) is 18.1 Å². The van der Waals surface area contributed by atoms with Crippen molar-refractivity contribution in [1.82, 2.24) is 0 Å². The van der Waals surface area contributed by atoms with Crippen molar-refractivity contribution < 1.29 is 18.8 Å². The summed E-state index contributed by atoms with van der Waals surface area (Å²) in [7, 11) is -6.42. The lowest BCUT2D eigenvalue weighted by Gasteiger charge is -2.37. The van der Waals surface area contributed by atoms with E-state index in [4.69, 9.17) is 15.4 Å². The number of nitrogens with two attached hydrogens (primary N) is 1. The average molecular weight is 356 g/mol. The first-order chi connectivity index (χ1) is 10.3. The summed E-state index contributed by atoms with van der Waals surface area (Å²) in [5.74, 6) is 0.406. The van der Waals surface area contributed by atoms with E-state index >= 15 is 0 Å². The molecule has 6 nitrogen and oxygen atoms in total. The highest BCUT2D eigenvalue weighted by molar-refractivity contribution is 7.50. The molecule has 8 heteroatoms. The Bertz CT molecular complexity index is 658. The van der Waals surface area contributed by atoms with Crippen LogP contribution in [0.25, 0.3) is 0 Å². The Balaban J connectivity index is 3.34. The predicted octanol–water partition coefficient (Wildman–Crippen LogP) is 3.27. The second-order valence-electron chi connectivity index (χ2n) is 7.16. The van der Waals surface area contributed by atoms with Gasteiger partial charge in [-0.3, -0.25) is 4.57 Å². The molecule has 0 bridgehead atoms. The highest BCUT2D eigenvalue weighted by Gasteiger charge is 2.39. The van der Waals surface area contributed by atoms with Crippen molar-refractivity contribution in [1.29, 1.82) is 5.26 Å². The molecule has 1 rings (SSSR count). The number of benzene rings is 1. The maximum absolute atomic E-state index is 11.4. The van der Waals surface area contributed by atoms with Crippen molar-refractivity contribution in [3.63, 3.8) is 0 Å². The molecule has 0 fully saturated rings. The summed E-state index contributed by atoms with van der Waals surface area (Å²) in [5.41, 5.74) is 6.72. The van der Waals surface area contributed by atoms with Crippen LogP contribution >= 0.6 is 7.60 Å². The van der Waals surface area contributed by atoms with E-state index in [-0.39, 0.29) is 5.04 Å². The fraction of sp³-hybridized carbons (Fsp3) is 0.533. The van der Waals surface area contributed by atoms with E-state index in [2.05, 4.69) is 20.8 Å². The number of rotatable bonds is 5. The number of hydrogen-bond donors (Lipinski definition) is 3. The molecular weight excluding hydrogens is 331 g/mol. The topological polar surface area (TPSA) is 117 Å². The Morgan fingerprint density at radius 3 is 2.39 bits per heavy atom. The Morgan fingerprint density at radius 2 is 1.96 bits per heavy atom. The Morgan fingerprint density at radius 1 is 1.39 bits per heavy atom. The molecule has 0 aliphatic rings. The van der Waals surface area contributed by atoms with Crippen LogP contribution in [0.5, 0.6) is 5.75 Å². The van der Waals surface area contributed by atoms with Gasteiger partial charge in [0, 0.05) is 5.56 Å². The molecule has 0 heterocycles. The van der Waals surface area contributed by atoms with Gasteiger partial charge in [-0.2, -0.15) is 5.26 Å². The minimum Gasteiger partial charge on any atom is -0.543 e. The summed E-state index contributed by atoms with van der Waals surface area (Å²) < 4.78 is 17.6. The molecule has 0 radical (unpaired) electrons. The number of nitrogens with zero attached hydrogens (tertiary/aromatic N) is 1. The molecule has 0 aromatic heterocycles. The van der Waals surface area contributed by atoms with Gasteiger partial charge in [0.1, 0.15) is 11.8 Å². The van der Waals surface area contributed by atoms with E-state index < -0.39 is 28.1 Å². The summed E-state index contributed by atoms with van der Waals surface area (Å²) >= 11 is 0. The van der Waals surface area contributed by atoms with Gasteiger partial charge in [-0.25, -0.2) is 0 Å². The number of nitriles is 1. The van der Waals surface area contributed by atoms with E-state index in [1.165, 1.54) is 0 Å². The zero-order valence-corrected chi connectivity index (χ0v) is 16.1. The average Bonchev–Trinajstić information content (AvgIpc) is 2.36. The fourth-order valence-electron chi connectivity index (χ4n) is 1.71. The van der Waals surface area contributed by atoms with Crippen molar-refractivity contribution in [2.75, 3.05) is 0 Å². The van der Waals surface area contributed by atoms with Crippen LogP contribution in [0.1, 0.15) is 37.9 Å². The molecule has 0 amide bonds. The highest BCUT2D eigenvalue weighted by Crippen LogP contribution is 2.44. The van der Waals surface area contributed by atoms with Crippen molar-refractivity contribution in [2.45, 2.75) is 51.1 Å². The van der Waals surface area contributed by atoms with Crippen LogP contribution in [0.3, 0.4) is 0 Å². The summed E-state index contributed by atoms with van der Waals surface area (Å²) in [6, 6.07) is 5.95. The van der Waals surface area contributed by atoms with Gasteiger partial charge in [0.25, 0.3) is 0 Å². The third-order valence-corrected chi connectivity index (χ3v) is 9.23. The van der Waals surface area contributed by atoms with Crippen molar-refractivity contribution in [3.8, 4) is 11.8 Å². The zero-order valence-electron chi connectivity index (χ0n) is 14.2. The van der Waals surface area contributed by atoms with Gasteiger partial charge in [0.2, 0.25) is 8.32 Å². The lowest BCUT2D eigenvalue weighted by molar-refractivity contribution is 0.370. The van der Waals surface area contributed by atoms with E-state index in [1.54, 1.807) is 18.2 Å². The molecule has 0 saturated carbocycles. The van der Waals surface area contributed by atoms with Crippen LogP contribution in [0.4, 0.5) is 0 Å². The third kappa shape index (κ3) is 5.45. The Kier molecular flexibility index (Phi) is 5.84. The van der Waals surface area contributed by atoms with Gasteiger partial charge in [0.05, 0.1) is 12.2 Å². The van der Waals surface area contributed by atoms with Crippen LogP contribution in [-0.4, -0.2) is 18.1 Å². The van der Waals surface area contributed by atoms with Gasteiger partial charge in [-0.05, 0) is 29.8 Å². The van der Waals surface area contributed by atoms with Crippen molar-refractivity contribution in [2.24, 2.45) is 5.73 Å². The summed E-state index contributed by atoms with van der Waals surface area (Å²) in [6.45, 7) is 10.3. The smallest absolute Gasteiger partial charge is 0.330 e. The molecule has 1 aromatic rings. The fourth-order valence-corrected chi connectivity index (χ4v) is 3.47. The molecular formula is C15H25N2O4PSi. The monoisotopic (exact) mass is 356 g/mol. The standard InChI is InChI=1S/C15H25N2O4PSi/c1-15(2,3)23(4,5)21-14-8-11(13(17)9-16)6-7-12(14)10-22(18,19)20/h6-8,13H,10,17H2,1-5H3,(H2,18,19,20). The van der Waals surface area contributed by atoms with Crippen molar-refractivity contribution >= 4 is 15.9 Å². The Hall–Kier alpha value is -1.16. The molecule has 1 unspecified atom stereocenters. The molecule has 23 heavy (non-hydrogen) atoms. The van der Waals surface area contributed by atoms with Crippen LogP contribution in [0, 0.1) is 11.3 Å². The van der Waals surface area contributed by atoms with Crippen LogP contribution in [0.15, 0.2) is 18.2 Å². The summed E-state index contributed by atoms with van der Waals surface area (Å²) in [6.07, 6.45) is -0.404. The van der Waals surface area contributed by atoms with Gasteiger partial charge < -0.3 is 19.9 Å². The first kappa shape index (κ1) is 19.9. The molecule has 1 atom stereocenters. The summed E-state index contributed by atoms with van der Waals surface area (Å²) in [5, 5.41) is 8.90. The van der Waals surface area contributed by atoms with Crippen LogP contribution in [-0.2, 0) is 10.7 Å². The maximum atomic E-state index is 11.4. The first-order valence-electron chi connectivity index (χ1n) is 7.28. The number of hydrogen-bond acceptors (Lipinski definition) is 4. The van der Waals surface area contributed by atoms with E-state index in [0.717, 1.165) is 0 Å². The molecule has 0 aliphatic carbocycles. The second-order valence-corrected chi connectivity index (χ2v) is 13.5. The second kappa shape index (κ2) is 6.76. The first-order valence-corrected chi connectivity index (χ1v) is 12.0. The van der Waals surface area contributed by atoms with Gasteiger partial charge in [-0.1, -0.05) is 32.9 Å². The van der Waals surface area contributed by atoms with Crippen LogP contribution < -0.4 is 10.2 Å².